The maximum absolute atomic E-state index is 12.4. The Morgan fingerprint density at radius 3 is 2.54 bits per heavy atom. The number of halogens is 2. The molecule has 1 aliphatic heterocycles. The zero-order valence-corrected chi connectivity index (χ0v) is 14.6. The Balaban J connectivity index is 1.62. The number of esters is 1. The molecule has 1 aromatic carbocycles. The maximum Gasteiger partial charge on any atom is 0.310 e. The fourth-order valence-electron chi connectivity index (χ4n) is 3.18. The zero-order valence-electron chi connectivity index (χ0n) is 13.0. The highest BCUT2D eigenvalue weighted by Crippen LogP contribution is 2.49. The number of carbonyl (C=O) groups excluding carboxylic acids is 2. The second kappa shape index (κ2) is 7.30. The molecule has 1 saturated carbocycles. The molecule has 0 unspecified atom stereocenters. The van der Waals surface area contributed by atoms with Crippen molar-refractivity contribution < 1.29 is 19.1 Å². The van der Waals surface area contributed by atoms with Gasteiger partial charge in [0.05, 0.1) is 16.0 Å². The second-order valence-corrected chi connectivity index (χ2v) is 7.15. The SMILES string of the molecule is NC(=O)[C@H](OC(=O)[C@H]1C[C@H]1c1ccc(Cl)c(Cl)c1)C1CCOCC1. The number of benzene rings is 1. The maximum atomic E-state index is 12.4. The van der Waals surface area contributed by atoms with E-state index in [4.69, 9.17) is 38.4 Å². The van der Waals surface area contributed by atoms with Crippen molar-refractivity contribution in [3.05, 3.63) is 33.8 Å². The first-order chi connectivity index (χ1) is 11.5. The molecule has 0 spiro atoms. The smallest absolute Gasteiger partial charge is 0.310 e. The van der Waals surface area contributed by atoms with Crippen LogP contribution in [0.1, 0.15) is 30.7 Å². The molecule has 1 saturated heterocycles. The van der Waals surface area contributed by atoms with E-state index in [2.05, 4.69) is 0 Å². The van der Waals surface area contributed by atoms with Gasteiger partial charge in [0.2, 0.25) is 0 Å². The van der Waals surface area contributed by atoms with Gasteiger partial charge in [-0.3, -0.25) is 9.59 Å². The third kappa shape index (κ3) is 3.85. The summed E-state index contributed by atoms with van der Waals surface area (Å²) in [5.74, 6) is -1.25. The van der Waals surface area contributed by atoms with E-state index in [9.17, 15) is 9.59 Å². The largest absolute Gasteiger partial charge is 0.452 e. The van der Waals surface area contributed by atoms with Crippen molar-refractivity contribution in [1.82, 2.24) is 0 Å². The molecule has 2 aliphatic rings. The molecule has 3 rings (SSSR count). The van der Waals surface area contributed by atoms with Gasteiger partial charge in [-0.15, -0.1) is 0 Å². The average molecular weight is 372 g/mol. The molecule has 7 heteroatoms. The molecule has 5 nitrogen and oxygen atoms in total. The Bertz CT molecular complexity index is 645. The third-order valence-corrected chi connectivity index (χ3v) is 5.42. The van der Waals surface area contributed by atoms with E-state index in [-0.39, 0.29) is 23.7 Å². The predicted octanol–water partition coefficient (Wildman–Crippen LogP) is 2.92. The molecule has 0 bridgehead atoms. The van der Waals surface area contributed by atoms with Crippen LogP contribution in [-0.4, -0.2) is 31.2 Å². The van der Waals surface area contributed by atoms with Gasteiger partial charge in [-0.25, -0.2) is 0 Å². The van der Waals surface area contributed by atoms with Crippen LogP contribution in [0, 0.1) is 11.8 Å². The van der Waals surface area contributed by atoms with Crippen molar-refractivity contribution in [3.63, 3.8) is 0 Å². The minimum absolute atomic E-state index is 0.0514. The van der Waals surface area contributed by atoms with Crippen molar-refractivity contribution in [3.8, 4) is 0 Å². The number of hydrogen-bond acceptors (Lipinski definition) is 4. The Morgan fingerprint density at radius 1 is 1.21 bits per heavy atom. The second-order valence-electron chi connectivity index (χ2n) is 6.33. The first-order valence-electron chi connectivity index (χ1n) is 8.00. The zero-order chi connectivity index (χ0) is 17.3. The van der Waals surface area contributed by atoms with Crippen LogP contribution in [0.3, 0.4) is 0 Å². The molecule has 1 heterocycles. The molecule has 1 aromatic rings. The molecule has 0 radical (unpaired) electrons. The molecular weight excluding hydrogens is 353 g/mol. The van der Waals surface area contributed by atoms with E-state index < -0.39 is 12.0 Å². The Morgan fingerprint density at radius 2 is 1.92 bits per heavy atom. The van der Waals surface area contributed by atoms with Crippen molar-refractivity contribution in [2.24, 2.45) is 17.6 Å². The number of carbonyl (C=O) groups is 2. The van der Waals surface area contributed by atoms with Crippen LogP contribution in [0.4, 0.5) is 0 Å². The lowest BCUT2D eigenvalue weighted by atomic mass is 9.93. The first kappa shape index (κ1) is 17.5. The van der Waals surface area contributed by atoms with E-state index in [0.29, 0.717) is 42.5 Å². The van der Waals surface area contributed by atoms with Crippen LogP contribution in [-0.2, 0) is 19.1 Å². The van der Waals surface area contributed by atoms with Crippen LogP contribution < -0.4 is 5.73 Å². The molecule has 3 atom stereocenters. The lowest BCUT2D eigenvalue weighted by Gasteiger charge is -2.27. The predicted molar refractivity (Wildman–Crippen MR) is 89.9 cm³/mol. The lowest BCUT2D eigenvalue weighted by Crippen LogP contribution is -2.41. The highest BCUT2D eigenvalue weighted by Gasteiger charge is 2.47. The molecule has 2 N–H and O–H groups in total. The van der Waals surface area contributed by atoms with E-state index in [1.54, 1.807) is 12.1 Å². The van der Waals surface area contributed by atoms with Gasteiger partial charge >= 0.3 is 5.97 Å². The first-order valence-corrected chi connectivity index (χ1v) is 8.75. The minimum Gasteiger partial charge on any atom is -0.452 e. The number of rotatable bonds is 5. The lowest BCUT2D eigenvalue weighted by molar-refractivity contribution is -0.161. The van der Waals surface area contributed by atoms with Crippen molar-refractivity contribution in [2.75, 3.05) is 13.2 Å². The van der Waals surface area contributed by atoms with Crippen LogP contribution in [0.2, 0.25) is 10.0 Å². The van der Waals surface area contributed by atoms with Gasteiger partial charge in [0.1, 0.15) is 0 Å². The molecule has 1 amide bonds. The summed E-state index contributed by atoms with van der Waals surface area (Å²) < 4.78 is 10.7. The van der Waals surface area contributed by atoms with Gasteiger partial charge in [0.25, 0.3) is 5.91 Å². The van der Waals surface area contributed by atoms with Gasteiger partial charge in [0.15, 0.2) is 6.10 Å². The highest BCUT2D eigenvalue weighted by atomic mass is 35.5. The number of amides is 1. The monoisotopic (exact) mass is 371 g/mol. The average Bonchev–Trinajstić information content (AvgIpc) is 3.36. The van der Waals surface area contributed by atoms with Crippen LogP contribution in [0.15, 0.2) is 18.2 Å². The van der Waals surface area contributed by atoms with Crippen LogP contribution in [0.5, 0.6) is 0 Å². The van der Waals surface area contributed by atoms with Crippen LogP contribution >= 0.6 is 23.2 Å². The van der Waals surface area contributed by atoms with Gasteiger partial charge in [-0.2, -0.15) is 0 Å². The fraction of sp³-hybridized carbons (Fsp3) is 0.529. The van der Waals surface area contributed by atoms with E-state index >= 15 is 0 Å². The number of hydrogen-bond donors (Lipinski definition) is 1. The van der Waals surface area contributed by atoms with Crippen molar-refractivity contribution >= 4 is 35.1 Å². The summed E-state index contributed by atoms with van der Waals surface area (Å²) in [6.45, 7) is 1.11. The highest BCUT2D eigenvalue weighted by molar-refractivity contribution is 6.42. The summed E-state index contributed by atoms with van der Waals surface area (Å²) in [5, 5.41) is 0.943. The molecule has 130 valence electrons. The topological polar surface area (TPSA) is 78.6 Å². The third-order valence-electron chi connectivity index (χ3n) is 4.68. The molecule has 2 fully saturated rings. The molecule has 24 heavy (non-hydrogen) atoms. The number of primary amides is 1. The van der Waals surface area contributed by atoms with Gasteiger partial charge in [-0.1, -0.05) is 29.3 Å². The quantitative estimate of drug-likeness (QED) is 0.807. The van der Waals surface area contributed by atoms with Crippen molar-refractivity contribution in [1.29, 1.82) is 0 Å². The molecule has 0 aromatic heterocycles. The summed E-state index contributed by atoms with van der Waals surface area (Å²) in [6, 6.07) is 5.34. The summed E-state index contributed by atoms with van der Waals surface area (Å²) >= 11 is 11.9. The Hall–Kier alpha value is -1.30. The number of nitrogens with two attached hydrogens (primary N) is 1. The van der Waals surface area contributed by atoms with Gasteiger partial charge < -0.3 is 15.2 Å². The molecular formula is C17H19Cl2NO4. The summed E-state index contributed by atoms with van der Waals surface area (Å²) in [7, 11) is 0. The van der Waals surface area contributed by atoms with E-state index in [0.717, 1.165) is 5.56 Å². The Labute approximate surface area is 150 Å². The summed E-state index contributed by atoms with van der Waals surface area (Å²) in [4.78, 5) is 24.1. The minimum atomic E-state index is -0.878. The van der Waals surface area contributed by atoms with E-state index in [1.165, 1.54) is 0 Å². The summed E-state index contributed by atoms with van der Waals surface area (Å²) in [6.07, 6.45) is 1.14. The normalized spacial score (nSPS) is 25.1. The van der Waals surface area contributed by atoms with E-state index in [1.807, 2.05) is 6.07 Å². The van der Waals surface area contributed by atoms with Gasteiger partial charge in [0, 0.05) is 19.1 Å². The Kier molecular flexibility index (Phi) is 5.33. The number of ether oxygens (including phenoxy) is 2. The standard InChI is InChI=1S/C17H19Cl2NO4/c18-13-2-1-10(7-14(13)19)11-8-12(11)17(22)24-15(16(20)21)9-3-5-23-6-4-9/h1-2,7,9,11-12,15H,3-6,8H2,(H2,20,21)/t11-,12-,15+/m0/s1. The summed E-state index contributed by atoms with van der Waals surface area (Å²) in [5.41, 5.74) is 6.38. The molecule has 1 aliphatic carbocycles. The fourth-order valence-corrected chi connectivity index (χ4v) is 3.49. The van der Waals surface area contributed by atoms with Crippen LogP contribution in [0.25, 0.3) is 0 Å². The van der Waals surface area contributed by atoms with Crippen molar-refractivity contribution in [2.45, 2.75) is 31.3 Å². The van der Waals surface area contributed by atoms with Gasteiger partial charge in [-0.05, 0) is 42.9 Å².